The van der Waals surface area contributed by atoms with Gasteiger partial charge in [-0.1, -0.05) is 0 Å². The van der Waals surface area contributed by atoms with Crippen LogP contribution in [0.1, 0.15) is 19.8 Å². The Morgan fingerprint density at radius 2 is 1.95 bits per heavy atom. The number of urea groups is 1. The third-order valence-corrected chi connectivity index (χ3v) is 3.88. The van der Waals surface area contributed by atoms with Gasteiger partial charge in [0.1, 0.15) is 6.04 Å². The molecule has 0 aromatic heterocycles. The smallest absolute Gasteiger partial charge is 0.326 e. The highest BCUT2D eigenvalue weighted by Gasteiger charge is 2.21. The summed E-state index contributed by atoms with van der Waals surface area (Å²) in [7, 11) is 0.120. The Hall–Kier alpha value is -1.64. The van der Waals surface area contributed by atoms with Crippen molar-refractivity contribution in [1.82, 2.24) is 10.6 Å². The minimum absolute atomic E-state index is 0.0648. The van der Waals surface area contributed by atoms with Crippen molar-refractivity contribution < 1.29 is 28.4 Å². The quantitative estimate of drug-likeness (QED) is 0.518. The van der Waals surface area contributed by atoms with Gasteiger partial charge in [0.05, 0.1) is 7.11 Å². The van der Waals surface area contributed by atoms with E-state index >= 15 is 0 Å². The first-order chi connectivity index (χ1) is 9.27. The number of carboxylic acids is 1. The Labute approximate surface area is 119 Å². The van der Waals surface area contributed by atoms with Gasteiger partial charge >= 0.3 is 18.0 Å². The van der Waals surface area contributed by atoms with Crippen LogP contribution in [0.3, 0.4) is 0 Å². The lowest BCUT2D eigenvalue weighted by molar-refractivity contribution is -0.142. The fourth-order valence-corrected chi connectivity index (χ4v) is 1.50. The summed E-state index contributed by atoms with van der Waals surface area (Å²) in [5.41, 5.74) is 0. The van der Waals surface area contributed by atoms with Crippen molar-refractivity contribution in [2.45, 2.75) is 31.1 Å². The highest BCUT2D eigenvalue weighted by Crippen LogP contribution is 1.99. The molecule has 0 spiro atoms. The lowest BCUT2D eigenvalue weighted by Crippen LogP contribution is -2.47. The van der Waals surface area contributed by atoms with Crippen molar-refractivity contribution in [3.05, 3.63) is 0 Å². The maximum absolute atomic E-state index is 11.5. The summed E-state index contributed by atoms with van der Waals surface area (Å²) in [5.74, 6) is -1.79. The van der Waals surface area contributed by atoms with E-state index < -0.39 is 34.8 Å². The van der Waals surface area contributed by atoms with Crippen molar-refractivity contribution in [3.8, 4) is 0 Å². The molecule has 0 aromatic rings. The first-order valence-corrected chi connectivity index (χ1v) is 7.56. The average Bonchev–Trinajstić information content (AvgIpc) is 2.39. The number of hydrogen-bond donors (Lipinski definition) is 3. The van der Waals surface area contributed by atoms with Gasteiger partial charge in [0.25, 0.3) is 0 Å². The van der Waals surface area contributed by atoms with E-state index in [0.717, 1.165) is 0 Å². The molecule has 0 saturated carbocycles. The first-order valence-electron chi connectivity index (χ1n) is 5.94. The highest BCUT2D eigenvalue weighted by molar-refractivity contribution is 7.84. The summed E-state index contributed by atoms with van der Waals surface area (Å²) in [4.78, 5) is 33.4. The average molecular weight is 308 g/mol. The number of carbonyl (C=O) groups excluding carboxylic acids is 2. The first kappa shape index (κ1) is 18.4. The van der Waals surface area contributed by atoms with E-state index in [1.54, 1.807) is 6.92 Å². The van der Waals surface area contributed by atoms with E-state index in [9.17, 15) is 18.6 Å². The molecule has 3 atom stereocenters. The van der Waals surface area contributed by atoms with Crippen LogP contribution < -0.4 is 10.6 Å². The molecule has 0 aliphatic heterocycles. The fraction of sp³-hybridized carbons (Fsp3) is 0.727. The van der Waals surface area contributed by atoms with Crippen molar-refractivity contribution >= 4 is 28.8 Å². The zero-order valence-electron chi connectivity index (χ0n) is 11.7. The molecule has 0 fully saturated rings. The normalized spacial score (nSPS) is 14.8. The van der Waals surface area contributed by atoms with E-state index in [1.165, 1.54) is 13.4 Å². The van der Waals surface area contributed by atoms with E-state index in [1.807, 2.05) is 0 Å². The molecule has 0 saturated heterocycles. The SMILES string of the molecule is COC(=O)CC[C@@H](NC(=O)NCC(C)S(C)=O)C(=O)O. The largest absolute Gasteiger partial charge is 0.480 e. The van der Waals surface area contributed by atoms with E-state index in [-0.39, 0.29) is 24.6 Å². The second-order valence-electron chi connectivity index (χ2n) is 4.17. The molecule has 0 aliphatic rings. The molecule has 0 radical (unpaired) electrons. The van der Waals surface area contributed by atoms with Crippen LogP contribution in [0.25, 0.3) is 0 Å². The van der Waals surface area contributed by atoms with Gasteiger partial charge in [0, 0.05) is 35.3 Å². The van der Waals surface area contributed by atoms with Crippen molar-refractivity contribution in [2.24, 2.45) is 0 Å². The van der Waals surface area contributed by atoms with Crippen LogP contribution in [0.5, 0.6) is 0 Å². The van der Waals surface area contributed by atoms with Gasteiger partial charge in [-0.15, -0.1) is 0 Å². The molecule has 2 amide bonds. The van der Waals surface area contributed by atoms with Crippen LogP contribution in [-0.2, 0) is 25.1 Å². The lowest BCUT2D eigenvalue weighted by atomic mass is 10.1. The van der Waals surface area contributed by atoms with Gasteiger partial charge in [0.2, 0.25) is 0 Å². The molecular weight excluding hydrogens is 288 g/mol. The van der Waals surface area contributed by atoms with E-state index in [0.29, 0.717) is 0 Å². The molecule has 9 heteroatoms. The Balaban J connectivity index is 4.24. The monoisotopic (exact) mass is 308 g/mol. The minimum Gasteiger partial charge on any atom is -0.480 e. The standard InChI is InChI=1S/C11H20N2O6S/c1-7(20(3)18)6-12-11(17)13-8(10(15)16)4-5-9(14)19-2/h7-8H,4-6H2,1-3H3,(H,15,16)(H2,12,13,17)/t7?,8-,20?/m1/s1. The number of ether oxygens (including phenoxy) is 1. The topological polar surface area (TPSA) is 122 Å². The number of carbonyl (C=O) groups is 3. The summed E-state index contributed by atoms with van der Waals surface area (Å²) < 4.78 is 15.5. The summed E-state index contributed by atoms with van der Waals surface area (Å²) in [6, 6.07) is -1.86. The Bertz CT molecular complexity index is 387. The summed E-state index contributed by atoms with van der Waals surface area (Å²) >= 11 is 0. The number of aliphatic carboxylic acids is 1. The molecule has 116 valence electrons. The number of nitrogens with one attached hydrogen (secondary N) is 2. The zero-order chi connectivity index (χ0) is 15.7. The Kier molecular flexibility index (Phi) is 8.53. The van der Waals surface area contributed by atoms with Crippen LogP contribution in [-0.4, -0.2) is 58.5 Å². The Morgan fingerprint density at radius 3 is 2.40 bits per heavy atom. The predicted octanol–water partition coefficient (Wildman–Crippen LogP) is -0.541. The third kappa shape index (κ3) is 7.72. The van der Waals surface area contributed by atoms with Crippen LogP contribution in [0, 0.1) is 0 Å². The van der Waals surface area contributed by atoms with Crippen molar-refractivity contribution in [2.75, 3.05) is 19.9 Å². The highest BCUT2D eigenvalue weighted by atomic mass is 32.2. The molecule has 8 nitrogen and oxygen atoms in total. The van der Waals surface area contributed by atoms with Gasteiger partial charge in [-0.05, 0) is 13.3 Å². The summed E-state index contributed by atoms with van der Waals surface area (Å²) in [6.07, 6.45) is 1.34. The lowest BCUT2D eigenvalue weighted by Gasteiger charge is -2.16. The molecule has 0 aliphatic carbocycles. The second-order valence-corrected chi connectivity index (χ2v) is 5.97. The van der Waals surface area contributed by atoms with Crippen LogP contribution in [0.15, 0.2) is 0 Å². The van der Waals surface area contributed by atoms with E-state index in [2.05, 4.69) is 15.4 Å². The molecule has 0 heterocycles. The van der Waals surface area contributed by atoms with Gasteiger partial charge < -0.3 is 20.5 Å². The van der Waals surface area contributed by atoms with Crippen LogP contribution in [0.4, 0.5) is 4.79 Å². The number of amides is 2. The summed E-state index contributed by atoms with van der Waals surface area (Å²) in [5, 5.41) is 13.4. The number of hydrogen-bond acceptors (Lipinski definition) is 5. The molecule has 0 bridgehead atoms. The number of esters is 1. The molecule has 2 unspecified atom stereocenters. The second kappa shape index (κ2) is 9.29. The molecule has 3 N–H and O–H groups in total. The minimum atomic E-state index is -1.24. The number of carboxylic acid groups (broad SMARTS) is 1. The van der Waals surface area contributed by atoms with Gasteiger partial charge in [-0.3, -0.25) is 9.00 Å². The molecular formula is C11H20N2O6S. The number of methoxy groups -OCH3 is 1. The van der Waals surface area contributed by atoms with Crippen molar-refractivity contribution in [1.29, 1.82) is 0 Å². The molecule has 20 heavy (non-hydrogen) atoms. The van der Waals surface area contributed by atoms with Crippen LogP contribution in [0.2, 0.25) is 0 Å². The predicted molar refractivity (Wildman–Crippen MR) is 72.7 cm³/mol. The van der Waals surface area contributed by atoms with E-state index in [4.69, 9.17) is 5.11 Å². The van der Waals surface area contributed by atoms with Crippen LogP contribution >= 0.6 is 0 Å². The Morgan fingerprint density at radius 1 is 1.35 bits per heavy atom. The number of rotatable bonds is 8. The van der Waals surface area contributed by atoms with Crippen molar-refractivity contribution in [3.63, 3.8) is 0 Å². The van der Waals surface area contributed by atoms with Gasteiger partial charge in [-0.25, -0.2) is 9.59 Å². The maximum Gasteiger partial charge on any atom is 0.326 e. The summed E-state index contributed by atoms with van der Waals surface area (Å²) in [6.45, 7) is 1.86. The van der Waals surface area contributed by atoms with Gasteiger partial charge in [-0.2, -0.15) is 0 Å². The third-order valence-electron chi connectivity index (χ3n) is 2.58. The molecule has 0 rings (SSSR count). The molecule has 0 aromatic carbocycles. The fourth-order valence-electron chi connectivity index (χ4n) is 1.18. The maximum atomic E-state index is 11.5. The zero-order valence-corrected chi connectivity index (χ0v) is 12.5. The van der Waals surface area contributed by atoms with Gasteiger partial charge in [0.15, 0.2) is 0 Å².